The van der Waals surface area contributed by atoms with Gasteiger partial charge in [0, 0.05) is 24.4 Å². The van der Waals surface area contributed by atoms with Crippen molar-refractivity contribution in [2.24, 2.45) is 0 Å². The molecule has 0 atom stereocenters. The average Bonchev–Trinajstić information content (AvgIpc) is 2.58. The summed E-state index contributed by atoms with van der Waals surface area (Å²) in [4.78, 5) is 20.8. The number of fused-ring (bicyclic) bond motifs is 1. The van der Waals surface area contributed by atoms with Crippen LogP contribution in [0.4, 0.5) is 10.1 Å². The van der Waals surface area contributed by atoms with Gasteiger partial charge in [0.2, 0.25) is 11.7 Å². The highest BCUT2D eigenvalue weighted by molar-refractivity contribution is 5.90. The lowest BCUT2D eigenvalue weighted by molar-refractivity contribution is -0.387. The molecule has 0 saturated heterocycles. The third-order valence-corrected chi connectivity index (χ3v) is 2.13. The molecule has 0 N–H and O–H groups in total. The Labute approximate surface area is 88.4 Å². The standard InChI is InChI=1S/C9H6FN3O3/c1-5(14)12-8-3-7(10)9(13(15)16)2-6(8)4-11-12/h2-4H,1H3. The van der Waals surface area contributed by atoms with E-state index < -0.39 is 16.4 Å². The topological polar surface area (TPSA) is 78.0 Å². The molecule has 0 saturated carbocycles. The normalized spacial score (nSPS) is 10.6. The molecule has 2 rings (SSSR count). The number of aromatic nitrogens is 2. The van der Waals surface area contributed by atoms with Crippen LogP contribution in [0.1, 0.15) is 11.7 Å². The number of nitro benzene ring substituents is 1. The molecule has 6 nitrogen and oxygen atoms in total. The van der Waals surface area contributed by atoms with Crippen LogP contribution in [0.25, 0.3) is 10.9 Å². The van der Waals surface area contributed by atoms with Gasteiger partial charge in [-0.3, -0.25) is 14.9 Å². The smallest absolute Gasteiger partial charge is 0.273 e. The van der Waals surface area contributed by atoms with Crippen molar-refractivity contribution in [1.82, 2.24) is 9.78 Å². The lowest BCUT2D eigenvalue weighted by atomic mass is 10.2. The molecule has 7 heteroatoms. The Morgan fingerprint density at radius 2 is 2.25 bits per heavy atom. The predicted octanol–water partition coefficient (Wildman–Crippen LogP) is 1.74. The molecule has 0 aliphatic rings. The summed E-state index contributed by atoms with van der Waals surface area (Å²) < 4.78 is 14.3. The van der Waals surface area contributed by atoms with Crippen molar-refractivity contribution in [1.29, 1.82) is 0 Å². The first-order chi connectivity index (χ1) is 7.50. The molecule has 0 radical (unpaired) electrons. The van der Waals surface area contributed by atoms with Crippen LogP contribution in [-0.4, -0.2) is 20.6 Å². The molecule has 0 amide bonds. The van der Waals surface area contributed by atoms with Crippen molar-refractivity contribution in [3.8, 4) is 0 Å². The number of carbonyl (C=O) groups is 1. The second-order valence-electron chi connectivity index (χ2n) is 3.19. The van der Waals surface area contributed by atoms with E-state index in [2.05, 4.69) is 5.10 Å². The van der Waals surface area contributed by atoms with Gasteiger partial charge >= 0.3 is 5.69 Å². The maximum Gasteiger partial charge on any atom is 0.305 e. The monoisotopic (exact) mass is 223 g/mol. The maximum absolute atomic E-state index is 13.3. The van der Waals surface area contributed by atoms with E-state index in [0.29, 0.717) is 5.39 Å². The third kappa shape index (κ3) is 1.42. The zero-order valence-corrected chi connectivity index (χ0v) is 8.18. The van der Waals surface area contributed by atoms with Gasteiger partial charge in [-0.15, -0.1) is 0 Å². The first kappa shape index (κ1) is 10.2. The second-order valence-corrected chi connectivity index (χ2v) is 3.19. The Kier molecular flexibility index (Phi) is 2.15. The van der Waals surface area contributed by atoms with Crippen LogP contribution in [0.15, 0.2) is 18.3 Å². The third-order valence-electron chi connectivity index (χ3n) is 2.13. The zero-order valence-electron chi connectivity index (χ0n) is 8.18. The second kappa shape index (κ2) is 3.37. The lowest BCUT2D eigenvalue weighted by Gasteiger charge is -1.98. The first-order valence-electron chi connectivity index (χ1n) is 4.33. The number of halogens is 1. The lowest BCUT2D eigenvalue weighted by Crippen LogP contribution is -2.06. The van der Waals surface area contributed by atoms with Gasteiger partial charge in [-0.2, -0.15) is 9.49 Å². The van der Waals surface area contributed by atoms with Crippen molar-refractivity contribution in [2.45, 2.75) is 6.92 Å². The summed E-state index contributed by atoms with van der Waals surface area (Å²) >= 11 is 0. The highest BCUT2D eigenvalue weighted by Gasteiger charge is 2.18. The fourth-order valence-electron chi connectivity index (χ4n) is 1.43. The number of nitrogens with zero attached hydrogens (tertiary/aromatic N) is 3. The fraction of sp³-hybridized carbons (Fsp3) is 0.111. The maximum atomic E-state index is 13.3. The molecular weight excluding hydrogens is 217 g/mol. The summed E-state index contributed by atoms with van der Waals surface area (Å²) in [6, 6.07) is 1.99. The van der Waals surface area contributed by atoms with Gasteiger partial charge in [0.15, 0.2) is 0 Å². The van der Waals surface area contributed by atoms with E-state index in [1.165, 1.54) is 13.1 Å². The molecule has 0 unspecified atom stereocenters. The van der Waals surface area contributed by atoms with Gasteiger partial charge in [0.05, 0.1) is 16.6 Å². The summed E-state index contributed by atoms with van der Waals surface area (Å²) in [5.41, 5.74) is -0.411. The molecule has 2 aromatic rings. The van der Waals surface area contributed by atoms with E-state index >= 15 is 0 Å². The van der Waals surface area contributed by atoms with Gasteiger partial charge in [-0.05, 0) is 0 Å². The Morgan fingerprint density at radius 1 is 1.56 bits per heavy atom. The number of hydrogen-bond acceptors (Lipinski definition) is 4. The Hall–Kier alpha value is -2.31. The molecule has 1 aromatic carbocycles. The number of benzene rings is 1. The molecule has 82 valence electrons. The van der Waals surface area contributed by atoms with E-state index in [4.69, 9.17) is 0 Å². The molecule has 0 aliphatic heterocycles. The summed E-state index contributed by atoms with van der Waals surface area (Å²) in [7, 11) is 0. The minimum Gasteiger partial charge on any atom is -0.273 e. The number of rotatable bonds is 1. The first-order valence-corrected chi connectivity index (χ1v) is 4.33. The van der Waals surface area contributed by atoms with E-state index in [0.717, 1.165) is 16.8 Å². The van der Waals surface area contributed by atoms with Crippen molar-refractivity contribution < 1.29 is 14.1 Å². The molecule has 0 aliphatic carbocycles. The fourth-order valence-corrected chi connectivity index (χ4v) is 1.43. The summed E-state index contributed by atoms with van der Waals surface area (Å²) in [5.74, 6) is -1.37. The Morgan fingerprint density at radius 3 is 2.81 bits per heavy atom. The average molecular weight is 223 g/mol. The van der Waals surface area contributed by atoms with Crippen molar-refractivity contribution >= 4 is 22.5 Å². The molecular formula is C9H6FN3O3. The van der Waals surface area contributed by atoms with Crippen LogP contribution >= 0.6 is 0 Å². The minimum atomic E-state index is -0.986. The summed E-state index contributed by atoms with van der Waals surface area (Å²) in [6.07, 6.45) is 1.28. The van der Waals surface area contributed by atoms with E-state index in [9.17, 15) is 19.3 Å². The van der Waals surface area contributed by atoms with Crippen molar-refractivity contribution in [3.63, 3.8) is 0 Å². The predicted molar refractivity (Wildman–Crippen MR) is 52.6 cm³/mol. The Bertz CT molecular complexity index is 605. The Balaban J connectivity index is 2.76. The van der Waals surface area contributed by atoms with Crippen LogP contribution in [0.3, 0.4) is 0 Å². The van der Waals surface area contributed by atoms with Gasteiger partial charge in [-0.25, -0.2) is 4.68 Å². The number of carbonyl (C=O) groups excluding carboxylic acids is 1. The van der Waals surface area contributed by atoms with Crippen LogP contribution in [-0.2, 0) is 0 Å². The quantitative estimate of drug-likeness (QED) is 0.544. The van der Waals surface area contributed by atoms with Crippen LogP contribution < -0.4 is 0 Å². The molecule has 0 spiro atoms. The largest absolute Gasteiger partial charge is 0.305 e. The SMILES string of the molecule is CC(=O)n1ncc2cc([N+](=O)[O-])c(F)cc21. The molecule has 1 heterocycles. The summed E-state index contributed by atoms with van der Waals surface area (Å²) in [5, 5.41) is 14.5. The molecule has 0 fully saturated rings. The van der Waals surface area contributed by atoms with Crippen LogP contribution in [0.5, 0.6) is 0 Å². The van der Waals surface area contributed by atoms with E-state index in [-0.39, 0.29) is 11.4 Å². The van der Waals surface area contributed by atoms with Gasteiger partial charge in [0.25, 0.3) is 0 Å². The molecule has 1 aromatic heterocycles. The minimum absolute atomic E-state index is 0.218. The highest BCUT2D eigenvalue weighted by Crippen LogP contribution is 2.24. The highest BCUT2D eigenvalue weighted by atomic mass is 19.1. The van der Waals surface area contributed by atoms with Gasteiger partial charge in [0.1, 0.15) is 0 Å². The summed E-state index contributed by atoms with van der Waals surface area (Å²) in [6.45, 7) is 1.27. The molecule has 0 bridgehead atoms. The van der Waals surface area contributed by atoms with E-state index in [1.807, 2.05) is 0 Å². The van der Waals surface area contributed by atoms with Crippen molar-refractivity contribution in [2.75, 3.05) is 0 Å². The number of nitro groups is 1. The van der Waals surface area contributed by atoms with Gasteiger partial charge in [-0.1, -0.05) is 0 Å². The van der Waals surface area contributed by atoms with Crippen molar-refractivity contribution in [3.05, 3.63) is 34.3 Å². The van der Waals surface area contributed by atoms with Crippen LogP contribution in [0.2, 0.25) is 0 Å². The number of hydrogen-bond donors (Lipinski definition) is 0. The van der Waals surface area contributed by atoms with Crippen LogP contribution in [0, 0.1) is 15.9 Å². The molecule has 16 heavy (non-hydrogen) atoms. The zero-order chi connectivity index (χ0) is 11.9. The van der Waals surface area contributed by atoms with Gasteiger partial charge < -0.3 is 0 Å². The van der Waals surface area contributed by atoms with E-state index in [1.54, 1.807) is 0 Å².